The van der Waals surface area contributed by atoms with Gasteiger partial charge in [0, 0.05) is 13.0 Å². The van der Waals surface area contributed by atoms with E-state index in [1.807, 2.05) is 0 Å². The van der Waals surface area contributed by atoms with Crippen LogP contribution in [0.3, 0.4) is 0 Å². The summed E-state index contributed by atoms with van der Waals surface area (Å²) in [5.74, 6) is 0.236. The molecule has 0 aromatic rings. The van der Waals surface area contributed by atoms with Gasteiger partial charge in [0.05, 0.1) is 0 Å². The molecule has 0 aromatic heterocycles. The number of hydrogen-bond acceptors (Lipinski definition) is 2. The summed E-state index contributed by atoms with van der Waals surface area (Å²) in [7, 11) is 0. The molecule has 0 saturated carbocycles. The zero-order chi connectivity index (χ0) is 19.8. The molecule has 1 amide bonds. The van der Waals surface area contributed by atoms with Crippen molar-refractivity contribution < 1.29 is 4.79 Å². The van der Waals surface area contributed by atoms with Crippen LogP contribution in [0.5, 0.6) is 0 Å². The van der Waals surface area contributed by atoms with Crippen LogP contribution >= 0.6 is 0 Å². The van der Waals surface area contributed by atoms with Crippen LogP contribution in [0.4, 0.5) is 0 Å². The van der Waals surface area contributed by atoms with Gasteiger partial charge in [0.25, 0.3) is 0 Å². The lowest BCUT2D eigenvalue weighted by Crippen LogP contribution is -2.27. The molecule has 0 radical (unpaired) electrons. The van der Waals surface area contributed by atoms with Crippen molar-refractivity contribution in [1.82, 2.24) is 10.6 Å². The highest BCUT2D eigenvalue weighted by Gasteiger charge is 2.00. The Morgan fingerprint density at radius 3 is 1.48 bits per heavy atom. The minimum atomic E-state index is 0.236. The molecule has 0 saturated heterocycles. The number of carbonyl (C=O) groups excluding carboxylic acids is 1. The molecule has 0 unspecified atom stereocenters. The standard InChI is InChI=1S/C24H50N2O/c1-3-5-6-7-8-9-10-11-12-13-14-15-16-17-18-20-24(27)26-23-19-22-25-21-4-2/h25H,3-23H2,1-2H3,(H,26,27). The molecule has 3 heteroatoms. The molecule has 3 nitrogen and oxygen atoms in total. The minimum Gasteiger partial charge on any atom is -0.356 e. The Morgan fingerprint density at radius 2 is 1.00 bits per heavy atom. The van der Waals surface area contributed by atoms with Gasteiger partial charge in [0.1, 0.15) is 0 Å². The van der Waals surface area contributed by atoms with Crippen LogP contribution in [-0.2, 0) is 4.79 Å². The number of rotatable bonds is 22. The summed E-state index contributed by atoms with van der Waals surface area (Å²) in [5, 5.41) is 6.39. The third kappa shape index (κ3) is 23.4. The van der Waals surface area contributed by atoms with Crippen molar-refractivity contribution in [3.8, 4) is 0 Å². The van der Waals surface area contributed by atoms with Crippen molar-refractivity contribution in [3.05, 3.63) is 0 Å². The maximum atomic E-state index is 11.7. The lowest BCUT2D eigenvalue weighted by Gasteiger charge is -2.06. The van der Waals surface area contributed by atoms with Gasteiger partial charge in [-0.25, -0.2) is 0 Å². The van der Waals surface area contributed by atoms with Crippen LogP contribution in [0.15, 0.2) is 0 Å². The zero-order valence-electron chi connectivity index (χ0n) is 18.8. The normalized spacial score (nSPS) is 11.0. The van der Waals surface area contributed by atoms with Crippen LogP contribution in [-0.4, -0.2) is 25.5 Å². The maximum Gasteiger partial charge on any atom is 0.219 e. The van der Waals surface area contributed by atoms with Crippen LogP contribution in [0.2, 0.25) is 0 Å². The van der Waals surface area contributed by atoms with Gasteiger partial charge in [0.2, 0.25) is 5.91 Å². The third-order valence-electron chi connectivity index (χ3n) is 5.29. The topological polar surface area (TPSA) is 41.1 Å². The molecule has 0 bridgehead atoms. The molecule has 0 aromatic carbocycles. The van der Waals surface area contributed by atoms with Crippen LogP contribution in [0, 0.1) is 0 Å². The van der Waals surface area contributed by atoms with Gasteiger partial charge in [-0.1, -0.05) is 104 Å². The second kappa shape index (κ2) is 23.5. The first-order valence-electron chi connectivity index (χ1n) is 12.3. The van der Waals surface area contributed by atoms with E-state index in [4.69, 9.17) is 0 Å². The first kappa shape index (κ1) is 26.4. The summed E-state index contributed by atoms with van der Waals surface area (Å²) in [6.45, 7) is 7.35. The van der Waals surface area contributed by atoms with Gasteiger partial charge in [-0.15, -0.1) is 0 Å². The number of carbonyl (C=O) groups is 1. The molecule has 0 rings (SSSR count). The maximum absolute atomic E-state index is 11.7. The largest absolute Gasteiger partial charge is 0.356 e. The lowest BCUT2D eigenvalue weighted by atomic mass is 10.0. The number of nitrogens with one attached hydrogen (secondary N) is 2. The zero-order valence-corrected chi connectivity index (χ0v) is 18.8. The Bertz CT molecular complexity index is 294. The molecule has 0 aliphatic carbocycles. The van der Waals surface area contributed by atoms with Crippen LogP contribution < -0.4 is 10.6 Å². The number of hydrogen-bond donors (Lipinski definition) is 2. The van der Waals surface area contributed by atoms with Gasteiger partial charge < -0.3 is 10.6 Å². The Balaban J connectivity index is 3.10. The lowest BCUT2D eigenvalue weighted by molar-refractivity contribution is -0.121. The van der Waals surface area contributed by atoms with Gasteiger partial charge >= 0.3 is 0 Å². The highest BCUT2D eigenvalue weighted by molar-refractivity contribution is 5.75. The van der Waals surface area contributed by atoms with Crippen molar-refractivity contribution in [3.63, 3.8) is 0 Å². The van der Waals surface area contributed by atoms with E-state index < -0.39 is 0 Å². The van der Waals surface area contributed by atoms with Crippen molar-refractivity contribution in [1.29, 1.82) is 0 Å². The molecule has 2 N–H and O–H groups in total. The summed E-state index contributed by atoms with van der Waals surface area (Å²) in [6, 6.07) is 0. The molecule has 0 aliphatic heterocycles. The minimum absolute atomic E-state index is 0.236. The fraction of sp³-hybridized carbons (Fsp3) is 0.958. The number of amides is 1. The Morgan fingerprint density at radius 1 is 0.519 bits per heavy atom. The Hall–Kier alpha value is -0.570. The van der Waals surface area contributed by atoms with Gasteiger partial charge in [-0.05, 0) is 32.4 Å². The predicted molar refractivity (Wildman–Crippen MR) is 120 cm³/mol. The molecule has 0 fully saturated rings. The molecule has 27 heavy (non-hydrogen) atoms. The van der Waals surface area contributed by atoms with E-state index in [2.05, 4.69) is 24.5 Å². The van der Waals surface area contributed by atoms with Crippen molar-refractivity contribution in [2.75, 3.05) is 19.6 Å². The Kier molecular flexibility index (Phi) is 23.0. The quantitative estimate of drug-likeness (QED) is 0.203. The summed E-state index contributed by atoms with van der Waals surface area (Å²) >= 11 is 0. The van der Waals surface area contributed by atoms with Crippen molar-refractivity contribution >= 4 is 5.91 Å². The van der Waals surface area contributed by atoms with Crippen molar-refractivity contribution in [2.24, 2.45) is 0 Å². The smallest absolute Gasteiger partial charge is 0.219 e. The van der Waals surface area contributed by atoms with E-state index in [-0.39, 0.29) is 5.91 Å². The fourth-order valence-electron chi connectivity index (χ4n) is 3.49. The van der Waals surface area contributed by atoms with E-state index in [1.54, 1.807) is 0 Å². The SMILES string of the molecule is CCCCCCCCCCCCCCCCCC(=O)NCCCNCCC. The molecule has 0 aliphatic rings. The molecular weight excluding hydrogens is 332 g/mol. The van der Waals surface area contributed by atoms with Gasteiger partial charge in [0.15, 0.2) is 0 Å². The fourth-order valence-corrected chi connectivity index (χ4v) is 3.49. The third-order valence-corrected chi connectivity index (χ3v) is 5.29. The summed E-state index contributed by atoms with van der Waals surface area (Å²) in [5.41, 5.74) is 0. The molecule has 0 heterocycles. The molecule has 0 atom stereocenters. The monoisotopic (exact) mass is 382 g/mol. The van der Waals surface area contributed by atoms with E-state index in [1.165, 1.54) is 96.3 Å². The molecule has 0 spiro atoms. The highest BCUT2D eigenvalue weighted by Crippen LogP contribution is 2.13. The van der Waals surface area contributed by atoms with E-state index in [0.717, 1.165) is 32.5 Å². The summed E-state index contributed by atoms with van der Waals surface area (Å²) in [6.07, 6.45) is 23.5. The summed E-state index contributed by atoms with van der Waals surface area (Å²) < 4.78 is 0. The van der Waals surface area contributed by atoms with Crippen LogP contribution in [0.25, 0.3) is 0 Å². The van der Waals surface area contributed by atoms with Crippen molar-refractivity contribution in [2.45, 2.75) is 129 Å². The number of unbranched alkanes of at least 4 members (excludes halogenated alkanes) is 14. The molecular formula is C24H50N2O. The Labute approximate surface area is 170 Å². The molecule has 162 valence electrons. The van der Waals surface area contributed by atoms with E-state index in [9.17, 15) is 4.79 Å². The highest BCUT2D eigenvalue weighted by atomic mass is 16.1. The second-order valence-corrected chi connectivity index (χ2v) is 8.15. The second-order valence-electron chi connectivity index (χ2n) is 8.15. The van der Waals surface area contributed by atoms with E-state index in [0.29, 0.717) is 6.42 Å². The average Bonchev–Trinajstić information content (AvgIpc) is 2.67. The first-order valence-corrected chi connectivity index (χ1v) is 12.3. The summed E-state index contributed by atoms with van der Waals surface area (Å²) in [4.78, 5) is 11.7. The predicted octanol–water partition coefficient (Wildman–Crippen LogP) is 6.75. The van der Waals surface area contributed by atoms with Gasteiger partial charge in [-0.3, -0.25) is 4.79 Å². The van der Waals surface area contributed by atoms with E-state index >= 15 is 0 Å². The van der Waals surface area contributed by atoms with Crippen LogP contribution in [0.1, 0.15) is 129 Å². The van der Waals surface area contributed by atoms with Gasteiger partial charge in [-0.2, -0.15) is 0 Å². The first-order chi connectivity index (χ1) is 13.3. The average molecular weight is 383 g/mol.